The maximum absolute atomic E-state index is 13.3. The third-order valence-electron chi connectivity index (χ3n) is 7.68. The number of nitrogens with zero attached hydrogens (tertiary/aromatic N) is 3. The van der Waals surface area contributed by atoms with Gasteiger partial charge in [-0.05, 0) is 49.6 Å². The van der Waals surface area contributed by atoms with Crippen LogP contribution in [0.5, 0.6) is 5.88 Å². The van der Waals surface area contributed by atoms with Crippen molar-refractivity contribution >= 4 is 27.8 Å². The van der Waals surface area contributed by atoms with Gasteiger partial charge in [-0.1, -0.05) is 45.0 Å². The molecule has 3 heterocycles. The number of nitrogens with one attached hydrogen (secondary N) is 2. The highest BCUT2D eigenvalue weighted by Gasteiger charge is 2.42. The minimum absolute atomic E-state index is 0.0316. The quantitative estimate of drug-likeness (QED) is 0.497. The summed E-state index contributed by atoms with van der Waals surface area (Å²) in [6.07, 6.45) is 0.0290. The van der Waals surface area contributed by atoms with Crippen molar-refractivity contribution in [1.82, 2.24) is 20.2 Å². The van der Waals surface area contributed by atoms with Crippen molar-refractivity contribution in [3.8, 4) is 17.1 Å². The fourth-order valence-corrected chi connectivity index (χ4v) is 6.03. The molecule has 1 saturated heterocycles. The van der Waals surface area contributed by atoms with Gasteiger partial charge in [0.05, 0.1) is 23.2 Å². The average Bonchev–Trinajstić information content (AvgIpc) is 3.29. The molecule has 11 heteroatoms. The van der Waals surface area contributed by atoms with E-state index in [0.29, 0.717) is 12.1 Å². The van der Waals surface area contributed by atoms with Crippen molar-refractivity contribution in [1.29, 1.82) is 0 Å². The Morgan fingerprint density at radius 1 is 1.07 bits per heavy atom. The van der Waals surface area contributed by atoms with Crippen molar-refractivity contribution in [2.75, 3.05) is 17.8 Å². The molecule has 1 aromatic heterocycles. The lowest BCUT2D eigenvalue weighted by Crippen LogP contribution is -2.45. The van der Waals surface area contributed by atoms with Crippen LogP contribution < -0.4 is 14.8 Å². The Kier molecular flexibility index (Phi) is 7.03. The topological polar surface area (TPSA) is 131 Å². The third-order valence-corrected chi connectivity index (χ3v) is 9.00. The standard InChI is InChI=1S/C29H33N5O5S/c1-6-29(4,5)27(36)34-15-22-23(16-34)39-24-14-21(25-17(2)9-7-10-18(25)3)31-28(32-24)33-40(37,38)20-12-8-11-19(13-20)26(35)30-22/h7-14,22-23H,6,15-16H2,1-5H3,(H,30,35)(H,31,32,33)/t22-,23-/m1/s1. The summed E-state index contributed by atoms with van der Waals surface area (Å²) >= 11 is 0. The highest BCUT2D eigenvalue weighted by atomic mass is 32.2. The summed E-state index contributed by atoms with van der Waals surface area (Å²) in [5.41, 5.74) is 2.82. The van der Waals surface area contributed by atoms with Crippen LogP contribution in [-0.2, 0) is 14.8 Å². The largest absolute Gasteiger partial charge is 0.470 e. The van der Waals surface area contributed by atoms with Crippen molar-refractivity contribution in [3.05, 3.63) is 65.2 Å². The van der Waals surface area contributed by atoms with E-state index in [1.165, 1.54) is 24.3 Å². The lowest BCUT2D eigenvalue weighted by Gasteiger charge is -2.28. The Bertz CT molecular complexity index is 1580. The van der Waals surface area contributed by atoms with Gasteiger partial charge in [0.2, 0.25) is 17.7 Å². The summed E-state index contributed by atoms with van der Waals surface area (Å²) in [5.74, 6) is -0.526. The number of aryl methyl sites for hydroxylation is 2. The first-order valence-corrected chi connectivity index (χ1v) is 14.7. The van der Waals surface area contributed by atoms with Gasteiger partial charge in [0, 0.05) is 29.2 Å². The van der Waals surface area contributed by atoms with E-state index in [-0.39, 0.29) is 41.3 Å². The number of carbonyl (C=O) groups excluding carboxylic acids is 2. The summed E-state index contributed by atoms with van der Waals surface area (Å²) in [6.45, 7) is 10.1. The number of anilines is 1. The Labute approximate surface area is 234 Å². The zero-order valence-electron chi connectivity index (χ0n) is 23.2. The molecule has 0 saturated carbocycles. The molecule has 210 valence electrons. The van der Waals surface area contributed by atoms with E-state index in [2.05, 4.69) is 20.0 Å². The maximum atomic E-state index is 13.3. The predicted molar refractivity (Wildman–Crippen MR) is 151 cm³/mol. The van der Waals surface area contributed by atoms with Crippen LogP contribution in [0.2, 0.25) is 0 Å². The van der Waals surface area contributed by atoms with E-state index in [1.807, 2.05) is 52.8 Å². The Morgan fingerprint density at radius 2 is 1.77 bits per heavy atom. The smallest absolute Gasteiger partial charge is 0.264 e. The Morgan fingerprint density at radius 3 is 2.48 bits per heavy atom. The van der Waals surface area contributed by atoms with Crippen LogP contribution in [0, 0.1) is 19.3 Å². The van der Waals surface area contributed by atoms with Gasteiger partial charge in [-0.15, -0.1) is 0 Å². The molecule has 5 rings (SSSR count). The molecule has 2 aromatic carbocycles. The maximum Gasteiger partial charge on any atom is 0.264 e. The summed E-state index contributed by atoms with van der Waals surface area (Å²) in [6, 6.07) is 12.7. The molecule has 2 atom stereocenters. The van der Waals surface area contributed by atoms with Crippen LogP contribution in [0.25, 0.3) is 11.3 Å². The Balaban J connectivity index is 1.64. The number of likely N-dealkylation sites (tertiary alicyclic amines) is 1. The van der Waals surface area contributed by atoms with Crippen LogP contribution >= 0.6 is 0 Å². The second-order valence-electron chi connectivity index (χ2n) is 11.0. The first-order valence-electron chi connectivity index (χ1n) is 13.2. The lowest BCUT2D eigenvalue weighted by atomic mass is 9.88. The molecule has 1 fully saturated rings. The number of fused-ring (bicyclic) bond motifs is 5. The van der Waals surface area contributed by atoms with Crippen LogP contribution in [0.1, 0.15) is 48.7 Å². The number of sulfonamides is 1. The molecule has 10 nitrogen and oxygen atoms in total. The number of hydrogen-bond donors (Lipinski definition) is 2. The van der Waals surface area contributed by atoms with Gasteiger partial charge in [-0.25, -0.2) is 18.1 Å². The zero-order chi connectivity index (χ0) is 28.8. The molecule has 2 amide bonds. The molecule has 2 aliphatic heterocycles. The molecular formula is C29H33N5O5S. The number of benzene rings is 2. The molecule has 40 heavy (non-hydrogen) atoms. The summed E-state index contributed by atoms with van der Waals surface area (Å²) < 4.78 is 35.4. The highest BCUT2D eigenvalue weighted by Crippen LogP contribution is 2.32. The number of aromatic nitrogens is 2. The van der Waals surface area contributed by atoms with E-state index >= 15 is 0 Å². The monoisotopic (exact) mass is 563 g/mol. The van der Waals surface area contributed by atoms with E-state index in [9.17, 15) is 18.0 Å². The van der Waals surface area contributed by atoms with Crippen molar-refractivity contribution in [2.24, 2.45) is 5.41 Å². The lowest BCUT2D eigenvalue weighted by molar-refractivity contribution is -0.139. The molecule has 0 aliphatic carbocycles. The molecular weight excluding hydrogens is 530 g/mol. The van der Waals surface area contributed by atoms with Crippen LogP contribution in [0.3, 0.4) is 0 Å². The number of ether oxygens (including phenoxy) is 1. The van der Waals surface area contributed by atoms with E-state index in [1.54, 1.807) is 11.0 Å². The minimum Gasteiger partial charge on any atom is -0.470 e. The van der Waals surface area contributed by atoms with Crippen molar-refractivity contribution in [2.45, 2.75) is 58.1 Å². The summed E-state index contributed by atoms with van der Waals surface area (Å²) in [4.78, 5) is 37.1. The third kappa shape index (κ3) is 5.25. The molecule has 0 unspecified atom stereocenters. The van der Waals surface area contributed by atoms with Crippen LogP contribution in [-0.4, -0.2) is 60.3 Å². The normalized spacial score (nSPS) is 20.1. The SMILES string of the molecule is CCC(C)(C)C(=O)N1C[C@H]2NC(=O)c3cccc(c3)S(=O)(=O)Nc3nc(cc(-c4c(C)cccc4C)n3)O[C@@H]2C1. The van der Waals surface area contributed by atoms with E-state index in [0.717, 1.165) is 16.7 Å². The number of carbonyl (C=O) groups is 2. The van der Waals surface area contributed by atoms with Gasteiger partial charge in [0.15, 0.2) is 0 Å². The second-order valence-corrected chi connectivity index (χ2v) is 12.7. The first kappa shape index (κ1) is 27.6. The number of rotatable bonds is 3. The second kappa shape index (κ2) is 10.2. The molecule has 0 spiro atoms. The number of hydrogen-bond acceptors (Lipinski definition) is 7. The fraction of sp³-hybridized carbons (Fsp3) is 0.379. The van der Waals surface area contributed by atoms with Gasteiger partial charge in [0.25, 0.3) is 15.9 Å². The zero-order valence-corrected chi connectivity index (χ0v) is 24.0. The molecule has 2 N–H and O–H groups in total. The van der Waals surface area contributed by atoms with Gasteiger partial charge in [0.1, 0.15) is 6.10 Å². The molecule has 3 aromatic rings. The van der Waals surface area contributed by atoms with E-state index in [4.69, 9.17) is 4.74 Å². The fourth-order valence-electron chi connectivity index (χ4n) is 5.05. The molecule has 4 bridgehead atoms. The average molecular weight is 564 g/mol. The van der Waals surface area contributed by atoms with Crippen molar-refractivity contribution in [3.63, 3.8) is 0 Å². The van der Waals surface area contributed by atoms with Crippen LogP contribution in [0.15, 0.2) is 53.4 Å². The van der Waals surface area contributed by atoms with Gasteiger partial charge >= 0.3 is 0 Å². The first-order chi connectivity index (χ1) is 18.9. The summed E-state index contributed by atoms with van der Waals surface area (Å²) in [7, 11) is -4.12. The Hall–Kier alpha value is -3.99. The summed E-state index contributed by atoms with van der Waals surface area (Å²) in [5, 5.41) is 2.96. The van der Waals surface area contributed by atoms with Crippen LogP contribution in [0.4, 0.5) is 5.95 Å². The predicted octanol–water partition coefficient (Wildman–Crippen LogP) is 3.70. The minimum atomic E-state index is -4.12. The molecule has 0 radical (unpaired) electrons. The van der Waals surface area contributed by atoms with E-state index < -0.39 is 33.5 Å². The van der Waals surface area contributed by atoms with Gasteiger partial charge in [-0.2, -0.15) is 4.98 Å². The number of amides is 2. The molecule has 2 aliphatic rings. The van der Waals surface area contributed by atoms with Gasteiger partial charge in [-0.3, -0.25) is 9.59 Å². The highest BCUT2D eigenvalue weighted by molar-refractivity contribution is 7.92. The van der Waals surface area contributed by atoms with Crippen molar-refractivity contribution < 1.29 is 22.7 Å². The van der Waals surface area contributed by atoms with Gasteiger partial charge < -0.3 is 15.0 Å².